The standard InChI is InChI=1S/C10H18N4O/c1-8-12-10(13-15-8)6-11-9-4-3-5-14(2)7-9/h9,11H,3-7H2,1-2H3. The van der Waals surface area contributed by atoms with Crippen molar-refractivity contribution in [3.05, 3.63) is 11.7 Å². The molecule has 1 atom stereocenters. The first kappa shape index (κ1) is 10.6. The van der Waals surface area contributed by atoms with E-state index in [-0.39, 0.29) is 0 Å². The number of aromatic nitrogens is 2. The summed E-state index contributed by atoms with van der Waals surface area (Å²) in [5.74, 6) is 1.38. The van der Waals surface area contributed by atoms with Crippen molar-refractivity contribution in [2.24, 2.45) is 0 Å². The summed E-state index contributed by atoms with van der Waals surface area (Å²) in [5.41, 5.74) is 0. The number of likely N-dealkylation sites (tertiary alicyclic amines) is 1. The van der Waals surface area contributed by atoms with Crippen molar-refractivity contribution in [2.45, 2.75) is 32.4 Å². The van der Waals surface area contributed by atoms with Gasteiger partial charge in [0.1, 0.15) is 0 Å². The minimum Gasteiger partial charge on any atom is -0.340 e. The number of rotatable bonds is 3. The van der Waals surface area contributed by atoms with Crippen molar-refractivity contribution in [1.82, 2.24) is 20.4 Å². The van der Waals surface area contributed by atoms with Gasteiger partial charge in [0.15, 0.2) is 5.82 Å². The van der Waals surface area contributed by atoms with E-state index in [1.54, 1.807) is 0 Å². The van der Waals surface area contributed by atoms with E-state index in [9.17, 15) is 0 Å². The molecular weight excluding hydrogens is 192 g/mol. The quantitative estimate of drug-likeness (QED) is 0.790. The van der Waals surface area contributed by atoms with Gasteiger partial charge in [0.2, 0.25) is 5.89 Å². The summed E-state index contributed by atoms with van der Waals surface area (Å²) in [6.07, 6.45) is 2.50. The minimum absolute atomic E-state index is 0.558. The number of hydrogen-bond acceptors (Lipinski definition) is 5. The second-order valence-electron chi connectivity index (χ2n) is 4.21. The molecule has 0 bridgehead atoms. The molecule has 1 unspecified atom stereocenters. The molecule has 0 aromatic carbocycles. The molecule has 1 fully saturated rings. The van der Waals surface area contributed by atoms with Gasteiger partial charge in [0.05, 0.1) is 6.54 Å². The van der Waals surface area contributed by atoms with E-state index in [4.69, 9.17) is 4.52 Å². The zero-order valence-electron chi connectivity index (χ0n) is 9.36. The number of aryl methyl sites for hydroxylation is 1. The fourth-order valence-electron chi connectivity index (χ4n) is 1.98. The van der Waals surface area contributed by atoms with Crippen LogP contribution in [0.5, 0.6) is 0 Å². The maximum Gasteiger partial charge on any atom is 0.223 e. The Morgan fingerprint density at radius 2 is 2.47 bits per heavy atom. The Labute approximate surface area is 89.8 Å². The Balaban J connectivity index is 1.77. The normalized spacial score (nSPS) is 23.2. The van der Waals surface area contributed by atoms with Crippen molar-refractivity contribution in [2.75, 3.05) is 20.1 Å². The van der Waals surface area contributed by atoms with Crippen LogP contribution in [0, 0.1) is 6.92 Å². The lowest BCUT2D eigenvalue weighted by Crippen LogP contribution is -2.43. The molecule has 0 spiro atoms. The second-order valence-corrected chi connectivity index (χ2v) is 4.21. The molecule has 1 aliphatic heterocycles. The highest BCUT2D eigenvalue weighted by Gasteiger charge is 2.16. The first-order valence-corrected chi connectivity index (χ1v) is 5.45. The zero-order chi connectivity index (χ0) is 10.7. The van der Waals surface area contributed by atoms with Crippen LogP contribution in [0.25, 0.3) is 0 Å². The van der Waals surface area contributed by atoms with Crippen molar-refractivity contribution in [3.8, 4) is 0 Å². The van der Waals surface area contributed by atoms with Gasteiger partial charge in [-0.05, 0) is 26.4 Å². The lowest BCUT2D eigenvalue weighted by Gasteiger charge is -2.29. The highest BCUT2D eigenvalue weighted by atomic mass is 16.5. The first-order valence-electron chi connectivity index (χ1n) is 5.45. The Morgan fingerprint density at radius 3 is 3.13 bits per heavy atom. The van der Waals surface area contributed by atoms with E-state index in [0.717, 1.165) is 12.4 Å². The molecule has 84 valence electrons. The predicted molar refractivity (Wildman–Crippen MR) is 56.4 cm³/mol. The van der Waals surface area contributed by atoms with Crippen molar-refractivity contribution >= 4 is 0 Å². The van der Waals surface area contributed by atoms with Gasteiger partial charge in [-0.1, -0.05) is 5.16 Å². The SMILES string of the molecule is Cc1nc(CNC2CCCN(C)C2)no1. The topological polar surface area (TPSA) is 54.2 Å². The highest BCUT2D eigenvalue weighted by molar-refractivity contribution is 4.85. The van der Waals surface area contributed by atoms with Gasteiger partial charge >= 0.3 is 0 Å². The zero-order valence-corrected chi connectivity index (χ0v) is 9.36. The average molecular weight is 210 g/mol. The molecule has 1 N–H and O–H groups in total. The maximum atomic E-state index is 4.91. The molecule has 1 saturated heterocycles. The summed E-state index contributed by atoms with van der Waals surface area (Å²) < 4.78 is 4.91. The monoisotopic (exact) mass is 210 g/mol. The molecule has 5 nitrogen and oxygen atoms in total. The van der Waals surface area contributed by atoms with Crippen LogP contribution < -0.4 is 5.32 Å². The fraction of sp³-hybridized carbons (Fsp3) is 0.800. The Bertz CT molecular complexity index is 312. The number of piperidine rings is 1. The summed E-state index contributed by atoms with van der Waals surface area (Å²) in [5, 5.41) is 7.31. The third-order valence-corrected chi connectivity index (χ3v) is 2.74. The smallest absolute Gasteiger partial charge is 0.223 e. The highest BCUT2D eigenvalue weighted by Crippen LogP contribution is 2.08. The molecule has 1 aromatic rings. The molecule has 2 heterocycles. The van der Waals surface area contributed by atoms with E-state index in [2.05, 4.69) is 27.4 Å². The average Bonchev–Trinajstić information content (AvgIpc) is 2.62. The van der Waals surface area contributed by atoms with E-state index >= 15 is 0 Å². The van der Waals surface area contributed by atoms with Crippen molar-refractivity contribution in [3.63, 3.8) is 0 Å². The van der Waals surface area contributed by atoms with Crippen LogP contribution in [-0.4, -0.2) is 41.2 Å². The molecular formula is C10H18N4O. The van der Waals surface area contributed by atoms with Crippen LogP contribution in [0.3, 0.4) is 0 Å². The molecule has 0 radical (unpaired) electrons. The van der Waals surface area contributed by atoms with E-state index in [1.165, 1.54) is 19.4 Å². The lowest BCUT2D eigenvalue weighted by molar-refractivity contribution is 0.225. The molecule has 0 aliphatic carbocycles. The Morgan fingerprint density at radius 1 is 1.60 bits per heavy atom. The Hall–Kier alpha value is -0.940. The van der Waals surface area contributed by atoms with Crippen LogP contribution in [0.4, 0.5) is 0 Å². The summed E-state index contributed by atoms with van der Waals surface area (Å²) in [7, 11) is 2.16. The molecule has 1 aliphatic rings. The van der Waals surface area contributed by atoms with Crippen LogP contribution in [0.2, 0.25) is 0 Å². The van der Waals surface area contributed by atoms with Gasteiger partial charge in [-0.25, -0.2) is 0 Å². The number of nitrogens with zero attached hydrogens (tertiary/aromatic N) is 3. The van der Waals surface area contributed by atoms with Crippen molar-refractivity contribution in [1.29, 1.82) is 0 Å². The largest absolute Gasteiger partial charge is 0.340 e. The third kappa shape index (κ3) is 3.00. The molecule has 0 saturated carbocycles. The molecule has 2 rings (SSSR count). The summed E-state index contributed by atoms with van der Waals surface area (Å²) in [6.45, 7) is 4.83. The van der Waals surface area contributed by atoms with Gasteiger partial charge in [-0.2, -0.15) is 4.98 Å². The van der Waals surface area contributed by atoms with Crippen LogP contribution in [0.15, 0.2) is 4.52 Å². The number of likely N-dealkylation sites (N-methyl/N-ethyl adjacent to an activating group) is 1. The summed E-state index contributed by atoms with van der Waals surface area (Å²) >= 11 is 0. The van der Waals surface area contributed by atoms with E-state index in [1.807, 2.05) is 6.92 Å². The van der Waals surface area contributed by atoms with Gasteiger partial charge < -0.3 is 14.7 Å². The van der Waals surface area contributed by atoms with Crippen LogP contribution in [-0.2, 0) is 6.54 Å². The predicted octanol–water partition coefficient (Wildman–Crippen LogP) is 0.562. The molecule has 0 amide bonds. The minimum atomic E-state index is 0.558. The van der Waals surface area contributed by atoms with Crippen LogP contribution in [0.1, 0.15) is 24.6 Å². The summed E-state index contributed by atoms with van der Waals surface area (Å²) in [6, 6.07) is 0.558. The second kappa shape index (κ2) is 4.72. The molecule has 5 heteroatoms. The lowest BCUT2D eigenvalue weighted by atomic mass is 10.1. The Kier molecular flexibility index (Phi) is 3.33. The number of hydrogen-bond donors (Lipinski definition) is 1. The van der Waals surface area contributed by atoms with Crippen LogP contribution >= 0.6 is 0 Å². The van der Waals surface area contributed by atoms with Gasteiger partial charge in [0, 0.05) is 19.5 Å². The third-order valence-electron chi connectivity index (χ3n) is 2.74. The van der Waals surface area contributed by atoms with E-state index in [0.29, 0.717) is 18.5 Å². The van der Waals surface area contributed by atoms with Gasteiger partial charge in [0.25, 0.3) is 0 Å². The first-order chi connectivity index (χ1) is 7.24. The van der Waals surface area contributed by atoms with Gasteiger partial charge in [-0.15, -0.1) is 0 Å². The summed E-state index contributed by atoms with van der Waals surface area (Å²) in [4.78, 5) is 6.51. The maximum absolute atomic E-state index is 4.91. The fourth-order valence-corrected chi connectivity index (χ4v) is 1.98. The molecule has 1 aromatic heterocycles. The number of nitrogens with one attached hydrogen (secondary N) is 1. The van der Waals surface area contributed by atoms with Gasteiger partial charge in [-0.3, -0.25) is 0 Å². The molecule has 15 heavy (non-hydrogen) atoms. The van der Waals surface area contributed by atoms with E-state index < -0.39 is 0 Å². The van der Waals surface area contributed by atoms with Crippen molar-refractivity contribution < 1.29 is 4.52 Å².